The summed E-state index contributed by atoms with van der Waals surface area (Å²) < 4.78 is 0. The lowest BCUT2D eigenvalue weighted by atomic mass is 10.1. The number of nitrogens with zero attached hydrogens (tertiary/aromatic N) is 3. The van der Waals surface area contributed by atoms with Gasteiger partial charge >= 0.3 is 0 Å². The number of rotatable bonds is 5. The molecule has 2 aromatic rings. The Morgan fingerprint density at radius 3 is 2.76 bits per heavy atom. The molecule has 1 aromatic heterocycles. The van der Waals surface area contributed by atoms with E-state index in [2.05, 4.69) is 22.1 Å². The van der Waals surface area contributed by atoms with E-state index in [1.54, 1.807) is 4.80 Å². The predicted molar refractivity (Wildman–Crippen MR) is 68.3 cm³/mol. The molecule has 1 heterocycles. The van der Waals surface area contributed by atoms with Gasteiger partial charge in [-0.15, -0.1) is 6.58 Å². The lowest BCUT2D eigenvalue weighted by Gasteiger charge is -2.01. The molecule has 1 aromatic carbocycles. The van der Waals surface area contributed by atoms with E-state index < -0.39 is 0 Å². The molecule has 4 nitrogen and oxygen atoms in total. The molecule has 0 unspecified atom stereocenters. The average molecular weight is 228 g/mol. The molecule has 0 aliphatic rings. The van der Waals surface area contributed by atoms with Gasteiger partial charge in [0.2, 0.25) is 0 Å². The van der Waals surface area contributed by atoms with E-state index in [4.69, 9.17) is 0 Å². The van der Waals surface area contributed by atoms with Gasteiger partial charge in [-0.2, -0.15) is 15.0 Å². The maximum absolute atomic E-state index is 4.40. The van der Waals surface area contributed by atoms with Crippen LogP contribution in [0.3, 0.4) is 0 Å². The highest BCUT2D eigenvalue weighted by atomic mass is 15.5. The maximum Gasteiger partial charge on any atom is 0.117 e. The normalized spacial score (nSPS) is 10.4. The van der Waals surface area contributed by atoms with Crippen LogP contribution in [0.4, 0.5) is 0 Å². The molecule has 88 valence electrons. The van der Waals surface area contributed by atoms with E-state index in [-0.39, 0.29) is 0 Å². The van der Waals surface area contributed by atoms with Crippen molar-refractivity contribution in [3.63, 3.8) is 0 Å². The second kappa shape index (κ2) is 5.41. The Morgan fingerprint density at radius 2 is 2.06 bits per heavy atom. The Bertz CT molecular complexity index is 487. The Balaban J connectivity index is 2.24. The molecule has 0 spiro atoms. The summed E-state index contributed by atoms with van der Waals surface area (Å²) in [5, 5.41) is 12.0. The Labute approximate surface area is 101 Å². The summed E-state index contributed by atoms with van der Waals surface area (Å²) in [5.41, 5.74) is 2.99. The highest BCUT2D eigenvalue weighted by Gasteiger charge is 2.10. The third-order valence-corrected chi connectivity index (χ3v) is 2.41. The van der Waals surface area contributed by atoms with Gasteiger partial charge in [0.25, 0.3) is 0 Å². The zero-order valence-electron chi connectivity index (χ0n) is 9.93. The van der Waals surface area contributed by atoms with Crippen LogP contribution in [0, 0.1) is 0 Å². The van der Waals surface area contributed by atoms with Crippen molar-refractivity contribution in [2.45, 2.75) is 6.54 Å². The van der Waals surface area contributed by atoms with Gasteiger partial charge in [-0.05, 0) is 0 Å². The molecular weight excluding hydrogens is 212 g/mol. The summed E-state index contributed by atoms with van der Waals surface area (Å²) in [4.78, 5) is 1.60. The van der Waals surface area contributed by atoms with E-state index in [9.17, 15) is 0 Å². The van der Waals surface area contributed by atoms with Crippen LogP contribution < -0.4 is 5.32 Å². The van der Waals surface area contributed by atoms with E-state index in [1.807, 2.05) is 43.5 Å². The van der Waals surface area contributed by atoms with Crippen LogP contribution >= 0.6 is 0 Å². The smallest absolute Gasteiger partial charge is 0.117 e. The van der Waals surface area contributed by atoms with Crippen LogP contribution in [0.1, 0.15) is 5.69 Å². The van der Waals surface area contributed by atoms with Gasteiger partial charge in [-0.25, -0.2) is 0 Å². The first-order valence-corrected chi connectivity index (χ1v) is 5.58. The van der Waals surface area contributed by atoms with Crippen LogP contribution in [-0.2, 0) is 13.6 Å². The fraction of sp³-hybridized carbons (Fsp3) is 0.231. The van der Waals surface area contributed by atoms with Crippen molar-refractivity contribution in [1.29, 1.82) is 0 Å². The number of nitrogens with one attached hydrogen (secondary N) is 1. The quantitative estimate of drug-likeness (QED) is 0.626. The summed E-state index contributed by atoms with van der Waals surface area (Å²) in [6.45, 7) is 5.14. The number of benzene rings is 1. The van der Waals surface area contributed by atoms with Crippen LogP contribution in [-0.4, -0.2) is 21.5 Å². The van der Waals surface area contributed by atoms with Crippen LogP contribution in [0.25, 0.3) is 11.3 Å². The van der Waals surface area contributed by atoms with Gasteiger partial charge < -0.3 is 5.32 Å². The van der Waals surface area contributed by atoms with E-state index in [0.717, 1.165) is 23.5 Å². The van der Waals surface area contributed by atoms with Crippen molar-refractivity contribution >= 4 is 0 Å². The van der Waals surface area contributed by atoms with E-state index in [1.165, 1.54) is 0 Å². The van der Waals surface area contributed by atoms with E-state index >= 15 is 0 Å². The zero-order valence-corrected chi connectivity index (χ0v) is 9.93. The minimum Gasteiger partial charge on any atom is -0.308 e. The zero-order chi connectivity index (χ0) is 12.1. The van der Waals surface area contributed by atoms with Crippen molar-refractivity contribution < 1.29 is 0 Å². The van der Waals surface area contributed by atoms with Crippen molar-refractivity contribution in [1.82, 2.24) is 20.3 Å². The van der Waals surface area contributed by atoms with Gasteiger partial charge in [-0.3, -0.25) is 0 Å². The maximum atomic E-state index is 4.40. The second-order valence-electron chi connectivity index (χ2n) is 3.77. The van der Waals surface area contributed by atoms with Gasteiger partial charge in [0.1, 0.15) is 11.4 Å². The van der Waals surface area contributed by atoms with Crippen LogP contribution in [0.15, 0.2) is 43.0 Å². The first-order chi connectivity index (χ1) is 8.31. The first-order valence-electron chi connectivity index (χ1n) is 5.58. The van der Waals surface area contributed by atoms with Gasteiger partial charge in [0, 0.05) is 25.7 Å². The number of aryl methyl sites for hydroxylation is 1. The SMILES string of the molecule is C=CCNCc1nn(C)nc1-c1ccccc1. The van der Waals surface area contributed by atoms with Gasteiger partial charge in [0.15, 0.2) is 0 Å². The highest BCUT2D eigenvalue weighted by molar-refractivity contribution is 5.60. The largest absolute Gasteiger partial charge is 0.308 e. The number of hydrogen-bond acceptors (Lipinski definition) is 3. The minimum atomic E-state index is 0.698. The standard InChI is InChI=1S/C13H16N4/c1-3-9-14-10-12-13(16-17(2)15-12)11-7-5-4-6-8-11/h3-8,14H,1,9-10H2,2H3. The van der Waals surface area contributed by atoms with Crippen LogP contribution in [0.5, 0.6) is 0 Å². The molecule has 0 radical (unpaired) electrons. The molecule has 0 aliphatic carbocycles. The summed E-state index contributed by atoms with van der Waals surface area (Å²) in [6.07, 6.45) is 1.83. The molecule has 1 N–H and O–H groups in total. The fourth-order valence-electron chi connectivity index (χ4n) is 1.68. The Morgan fingerprint density at radius 1 is 1.29 bits per heavy atom. The van der Waals surface area contributed by atoms with Crippen molar-refractivity contribution in [3.8, 4) is 11.3 Å². The summed E-state index contributed by atoms with van der Waals surface area (Å²) in [6, 6.07) is 10.1. The number of aromatic nitrogens is 3. The molecule has 2 rings (SSSR count). The molecule has 0 atom stereocenters. The number of hydrogen-bond donors (Lipinski definition) is 1. The monoisotopic (exact) mass is 228 g/mol. The summed E-state index contributed by atoms with van der Waals surface area (Å²) in [7, 11) is 1.84. The van der Waals surface area contributed by atoms with Crippen molar-refractivity contribution in [3.05, 3.63) is 48.7 Å². The Hall–Kier alpha value is -1.94. The molecule has 17 heavy (non-hydrogen) atoms. The lowest BCUT2D eigenvalue weighted by Crippen LogP contribution is -2.13. The molecule has 0 saturated heterocycles. The summed E-state index contributed by atoms with van der Waals surface area (Å²) >= 11 is 0. The van der Waals surface area contributed by atoms with Gasteiger partial charge in [0.05, 0.1) is 0 Å². The average Bonchev–Trinajstić information content (AvgIpc) is 2.72. The van der Waals surface area contributed by atoms with Crippen molar-refractivity contribution in [2.75, 3.05) is 6.54 Å². The molecule has 0 fully saturated rings. The molecule has 0 bridgehead atoms. The van der Waals surface area contributed by atoms with E-state index in [0.29, 0.717) is 6.54 Å². The fourth-order valence-corrected chi connectivity index (χ4v) is 1.68. The third kappa shape index (κ3) is 2.79. The molecule has 4 heteroatoms. The molecule has 0 aliphatic heterocycles. The predicted octanol–water partition coefficient (Wildman–Crippen LogP) is 1.76. The topological polar surface area (TPSA) is 42.7 Å². The minimum absolute atomic E-state index is 0.698. The molecular formula is C13H16N4. The van der Waals surface area contributed by atoms with Gasteiger partial charge in [-0.1, -0.05) is 36.4 Å². The van der Waals surface area contributed by atoms with Crippen molar-refractivity contribution in [2.24, 2.45) is 7.05 Å². The highest BCUT2D eigenvalue weighted by Crippen LogP contribution is 2.19. The van der Waals surface area contributed by atoms with Crippen LogP contribution in [0.2, 0.25) is 0 Å². The third-order valence-electron chi connectivity index (χ3n) is 2.41. The lowest BCUT2D eigenvalue weighted by molar-refractivity contribution is 0.634. The molecule has 0 amide bonds. The molecule has 0 saturated carbocycles. The summed E-state index contributed by atoms with van der Waals surface area (Å²) in [5.74, 6) is 0. The second-order valence-corrected chi connectivity index (χ2v) is 3.77. The first kappa shape index (κ1) is 11.5. The Kier molecular flexibility index (Phi) is 3.67.